The first-order valence-electron chi connectivity index (χ1n) is 7.53. The molecule has 0 spiro atoms. The standard InChI is InChI=1S/C19H11BrFN3/c20-14-3-6-16-17(10-14)24-11-13(12-1-4-15(21)5-2-12)9-18(24)19-22-7-8-23(16)19/h1-11H. The Bertz CT molecular complexity index is 1220. The van der Waals surface area contributed by atoms with E-state index in [1.54, 1.807) is 18.3 Å². The van der Waals surface area contributed by atoms with Gasteiger partial charge in [0.2, 0.25) is 0 Å². The van der Waals surface area contributed by atoms with Crippen LogP contribution in [0.1, 0.15) is 0 Å². The molecule has 0 unspecified atom stereocenters. The summed E-state index contributed by atoms with van der Waals surface area (Å²) in [7, 11) is 0. The molecule has 0 radical (unpaired) electrons. The second-order valence-electron chi connectivity index (χ2n) is 5.74. The summed E-state index contributed by atoms with van der Waals surface area (Å²) in [6, 6.07) is 14.8. The summed E-state index contributed by atoms with van der Waals surface area (Å²) < 4.78 is 18.5. The molecule has 0 amide bonds. The Kier molecular flexibility index (Phi) is 2.82. The number of hydrogen-bond acceptors (Lipinski definition) is 1. The minimum Gasteiger partial charge on any atom is -0.311 e. The first-order chi connectivity index (χ1) is 11.7. The molecule has 0 bridgehead atoms. The number of imidazole rings is 1. The smallest absolute Gasteiger partial charge is 0.161 e. The molecule has 3 aromatic heterocycles. The van der Waals surface area contributed by atoms with E-state index in [-0.39, 0.29) is 5.82 Å². The molecular formula is C19H11BrFN3. The first-order valence-corrected chi connectivity index (χ1v) is 8.32. The molecule has 3 heterocycles. The van der Waals surface area contributed by atoms with Crippen molar-refractivity contribution in [2.75, 3.05) is 0 Å². The lowest BCUT2D eigenvalue weighted by Gasteiger charge is -2.07. The summed E-state index contributed by atoms with van der Waals surface area (Å²) in [5.74, 6) is -0.229. The van der Waals surface area contributed by atoms with Crippen molar-refractivity contribution in [2.24, 2.45) is 0 Å². The van der Waals surface area contributed by atoms with Crippen LogP contribution < -0.4 is 0 Å². The van der Waals surface area contributed by atoms with Gasteiger partial charge in [0.25, 0.3) is 0 Å². The van der Waals surface area contributed by atoms with Gasteiger partial charge in [0, 0.05) is 28.6 Å². The highest BCUT2D eigenvalue weighted by Gasteiger charge is 2.12. The summed E-state index contributed by atoms with van der Waals surface area (Å²) in [5, 5.41) is 0. The lowest BCUT2D eigenvalue weighted by molar-refractivity contribution is 0.628. The number of rotatable bonds is 1. The van der Waals surface area contributed by atoms with Gasteiger partial charge in [0.05, 0.1) is 16.6 Å². The lowest BCUT2D eigenvalue weighted by Crippen LogP contribution is -1.95. The average molecular weight is 380 g/mol. The minimum absolute atomic E-state index is 0.229. The third kappa shape index (κ3) is 1.91. The third-order valence-corrected chi connectivity index (χ3v) is 4.82. The summed E-state index contributed by atoms with van der Waals surface area (Å²) in [5.41, 5.74) is 6.10. The van der Waals surface area contributed by atoms with E-state index in [0.717, 1.165) is 37.8 Å². The average Bonchev–Trinajstić information content (AvgIpc) is 3.22. The zero-order chi connectivity index (χ0) is 16.3. The second kappa shape index (κ2) is 4.92. The second-order valence-corrected chi connectivity index (χ2v) is 6.66. The van der Waals surface area contributed by atoms with Gasteiger partial charge in [0.15, 0.2) is 5.65 Å². The molecule has 24 heavy (non-hydrogen) atoms. The highest BCUT2D eigenvalue weighted by Crippen LogP contribution is 2.30. The van der Waals surface area contributed by atoms with E-state index in [2.05, 4.69) is 54.1 Å². The van der Waals surface area contributed by atoms with Gasteiger partial charge >= 0.3 is 0 Å². The van der Waals surface area contributed by atoms with Crippen molar-refractivity contribution in [3.8, 4) is 11.1 Å². The van der Waals surface area contributed by atoms with Crippen molar-refractivity contribution in [3.63, 3.8) is 0 Å². The summed E-state index contributed by atoms with van der Waals surface area (Å²) in [6.45, 7) is 0. The van der Waals surface area contributed by atoms with Gasteiger partial charge in [-0.1, -0.05) is 28.1 Å². The summed E-state index contributed by atoms with van der Waals surface area (Å²) >= 11 is 3.55. The number of halogens is 2. The first kappa shape index (κ1) is 13.7. The Morgan fingerprint density at radius 3 is 2.50 bits per heavy atom. The Hall–Kier alpha value is -2.66. The van der Waals surface area contributed by atoms with E-state index in [1.807, 2.05) is 12.3 Å². The van der Waals surface area contributed by atoms with Crippen molar-refractivity contribution in [1.29, 1.82) is 0 Å². The van der Waals surface area contributed by atoms with Crippen molar-refractivity contribution in [3.05, 3.63) is 77.4 Å². The molecular weight excluding hydrogens is 369 g/mol. The Morgan fingerprint density at radius 1 is 0.833 bits per heavy atom. The van der Waals surface area contributed by atoms with Crippen LogP contribution in [0.25, 0.3) is 33.3 Å². The third-order valence-electron chi connectivity index (χ3n) is 4.32. The van der Waals surface area contributed by atoms with E-state index >= 15 is 0 Å². The predicted octanol–water partition coefficient (Wildman–Crippen LogP) is 5.31. The van der Waals surface area contributed by atoms with Crippen LogP contribution >= 0.6 is 15.9 Å². The van der Waals surface area contributed by atoms with Crippen LogP contribution in [0.2, 0.25) is 0 Å². The fourth-order valence-corrected chi connectivity index (χ4v) is 3.56. The molecule has 0 aliphatic carbocycles. The van der Waals surface area contributed by atoms with Crippen LogP contribution in [0.3, 0.4) is 0 Å². The Morgan fingerprint density at radius 2 is 1.67 bits per heavy atom. The maximum atomic E-state index is 13.2. The summed E-state index contributed by atoms with van der Waals surface area (Å²) in [4.78, 5) is 4.51. The molecule has 0 saturated heterocycles. The normalized spacial score (nSPS) is 11.8. The number of aromatic nitrogens is 3. The van der Waals surface area contributed by atoms with E-state index in [4.69, 9.17) is 0 Å². The molecule has 0 saturated carbocycles. The van der Waals surface area contributed by atoms with Gasteiger partial charge in [0.1, 0.15) is 5.82 Å². The number of nitrogens with zero attached hydrogens (tertiary/aromatic N) is 3. The van der Waals surface area contributed by atoms with Crippen LogP contribution in [-0.2, 0) is 0 Å². The highest BCUT2D eigenvalue weighted by atomic mass is 79.9. The molecule has 5 rings (SSSR count). The van der Waals surface area contributed by atoms with E-state index in [1.165, 1.54) is 12.1 Å². The molecule has 0 N–H and O–H groups in total. The largest absolute Gasteiger partial charge is 0.311 e. The SMILES string of the molecule is Fc1ccc(-c2cc3c4nccn4c4ccc(Br)cc4n3c2)cc1. The van der Waals surface area contributed by atoms with E-state index in [9.17, 15) is 4.39 Å². The van der Waals surface area contributed by atoms with Crippen molar-refractivity contribution < 1.29 is 4.39 Å². The molecule has 2 aromatic carbocycles. The topological polar surface area (TPSA) is 21.7 Å². The lowest BCUT2D eigenvalue weighted by atomic mass is 10.1. The number of hydrogen-bond donors (Lipinski definition) is 0. The number of fused-ring (bicyclic) bond motifs is 6. The molecule has 0 atom stereocenters. The summed E-state index contributed by atoms with van der Waals surface area (Å²) in [6.07, 6.45) is 5.85. The monoisotopic (exact) mass is 379 g/mol. The molecule has 5 aromatic rings. The maximum Gasteiger partial charge on any atom is 0.161 e. The van der Waals surface area contributed by atoms with Crippen LogP contribution in [-0.4, -0.2) is 13.8 Å². The van der Waals surface area contributed by atoms with Gasteiger partial charge < -0.3 is 4.40 Å². The van der Waals surface area contributed by atoms with Gasteiger partial charge in [-0.3, -0.25) is 4.40 Å². The van der Waals surface area contributed by atoms with Crippen LogP contribution in [0.4, 0.5) is 4.39 Å². The van der Waals surface area contributed by atoms with Crippen LogP contribution in [0.5, 0.6) is 0 Å². The van der Waals surface area contributed by atoms with Crippen LogP contribution in [0, 0.1) is 5.82 Å². The Balaban J connectivity index is 1.92. The van der Waals surface area contributed by atoms with Gasteiger partial charge in [-0.25, -0.2) is 9.37 Å². The molecule has 0 aliphatic heterocycles. The van der Waals surface area contributed by atoms with E-state index < -0.39 is 0 Å². The van der Waals surface area contributed by atoms with E-state index in [0.29, 0.717) is 0 Å². The number of benzene rings is 2. The molecule has 0 aliphatic rings. The highest BCUT2D eigenvalue weighted by molar-refractivity contribution is 9.10. The molecule has 0 fully saturated rings. The minimum atomic E-state index is -0.229. The maximum absolute atomic E-state index is 13.2. The fraction of sp³-hybridized carbons (Fsp3) is 0. The van der Waals surface area contributed by atoms with Gasteiger partial charge in [-0.15, -0.1) is 0 Å². The molecule has 3 nitrogen and oxygen atoms in total. The zero-order valence-electron chi connectivity index (χ0n) is 12.4. The van der Waals surface area contributed by atoms with Gasteiger partial charge in [-0.05, 0) is 42.0 Å². The van der Waals surface area contributed by atoms with Crippen LogP contribution in [0.15, 0.2) is 71.6 Å². The predicted molar refractivity (Wildman–Crippen MR) is 96.7 cm³/mol. The van der Waals surface area contributed by atoms with Crippen molar-refractivity contribution in [2.45, 2.75) is 0 Å². The quantitative estimate of drug-likeness (QED) is 0.386. The molecule has 116 valence electrons. The zero-order valence-corrected chi connectivity index (χ0v) is 14.0. The van der Waals surface area contributed by atoms with Crippen molar-refractivity contribution in [1.82, 2.24) is 13.8 Å². The molecule has 5 heteroatoms. The van der Waals surface area contributed by atoms with Crippen molar-refractivity contribution >= 4 is 38.1 Å². The Labute approximate surface area is 145 Å². The van der Waals surface area contributed by atoms with Gasteiger partial charge in [-0.2, -0.15) is 0 Å². The fourth-order valence-electron chi connectivity index (χ4n) is 3.22.